The van der Waals surface area contributed by atoms with Gasteiger partial charge in [0.2, 0.25) is 0 Å². The Hall–Kier alpha value is -0.450. The predicted octanol–water partition coefficient (Wildman–Crippen LogP) is 3.22. The van der Waals surface area contributed by atoms with Crippen molar-refractivity contribution in [2.45, 2.75) is 53.1 Å². The molecule has 3 nitrogen and oxygen atoms in total. The average Bonchev–Trinajstić information content (AvgIpc) is 2.62. The van der Waals surface area contributed by atoms with Crippen LogP contribution in [0.15, 0.2) is 5.38 Å². The molecule has 1 aromatic heterocycles. The van der Waals surface area contributed by atoms with Crippen LogP contribution in [0.5, 0.6) is 0 Å². The van der Waals surface area contributed by atoms with Gasteiger partial charge >= 0.3 is 0 Å². The zero-order valence-electron chi connectivity index (χ0n) is 12.9. The largest absolute Gasteiger partial charge is 0.312 e. The molecule has 4 heteroatoms. The lowest BCUT2D eigenvalue weighted by atomic mass is 9.86. The highest BCUT2D eigenvalue weighted by atomic mass is 32.1. The first kappa shape index (κ1) is 14.9. The van der Waals surface area contributed by atoms with Gasteiger partial charge in [-0.15, -0.1) is 11.3 Å². The van der Waals surface area contributed by atoms with Gasteiger partial charge < -0.3 is 5.32 Å². The molecule has 2 unspecified atom stereocenters. The van der Waals surface area contributed by atoms with Gasteiger partial charge in [0.15, 0.2) is 0 Å². The lowest BCUT2D eigenvalue weighted by Gasteiger charge is -2.35. The van der Waals surface area contributed by atoms with Crippen LogP contribution in [0.25, 0.3) is 0 Å². The molecule has 0 spiro atoms. The van der Waals surface area contributed by atoms with Crippen molar-refractivity contribution in [2.75, 3.05) is 19.6 Å². The molecule has 108 valence electrons. The van der Waals surface area contributed by atoms with E-state index in [9.17, 15) is 0 Å². The first-order chi connectivity index (χ1) is 8.88. The minimum absolute atomic E-state index is 0.307. The molecule has 1 fully saturated rings. The van der Waals surface area contributed by atoms with E-state index >= 15 is 0 Å². The molecule has 2 rings (SSSR count). The Balaban J connectivity index is 2.09. The van der Waals surface area contributed by atoms with Gasteiger partial charge in [-0.05, 0) is 32.2 Å². The van der Waals surface area contributed by atoms with E-state index in [2.05, 4.69) is 55.2 Å². The van der Waals surface area contributed by atoms with E-state index in [4.69, 9.17) is 0 Å². The second kappa shape index (κ2) is 5.90. The summed E-state index contributed by atoms with van der Waals surface area (Å²) in [5.41, 5.74) is 1.45. The summed E-state index contributed by atoms with van der Waals surface area (Å²) in [5, 5.41) is 7.12. The number of nitrogens with zero attached hydrogens (tertiary/aromatic N) is 2. The zero-order chi connectivity index (χ0) is 14.0. The van der Waals surface area contributed by atoms with Crippen molar-refractivity contribution in [3.63, 3.8) is 0 Å². The molecule has 0 aliphatic carbocycles. The van der Waals surface area contributed by atoms with Gasteiger partial charge in [-0.25, -0.2) is 4.98 Å². The number of hydrogen-bond acceptors (Lipinski definition) is 4. The van der Waals surface area contributed by atoms with Crippen LogP contribution in [0.2, 0.25) is 0 Å². The molecule has 19 heavy (non-hydrogen) atoms. The maximum absolute atomic E-state index is 4.66. The third-order valence-corrected chi connectivity index (χ3v) is 5.15. The molecular formula is C15H27N3S. The topological polar surface area (TPSA) is 28.2 Å². The summed E-state index contributed by atoms with van der Waals surface area (Å²) >= 11 is 1.79. The number of nitrogens with one attached hydrogen (secondary N) is 1. The number of aromatic nitrogens is 1. The Morgan fingerprint density at radius 1 is 1.47 bits per heavy atom. The lowest BCUT2D eigenvalue weighted by Crippen LogP contribution is -2.46. The van der Waals surface area contributed by atoms with Crippen molar-refractivity contribution in [3.05, 3.63) is 16.1 Å². The molecule has 2 atom stereocenters. The molecule has 1 saturated heterocycles. The molecule has 2 heterocycles. The molecule has 0 radical (unpaired) electrons. The molecule has 1 aromatic rings. The highest BCUT2D eigenvalue weighted by Gasteiger charge is 2.30. The number of hydrogen-bond donors (Lipinski definition) is 1. The van der Waals surface area contributed by atoms with Crippen molar-refractivity contribution in [1.29, 1.82) is 0 Å². The van der Waals surface area contributed by atoms with Crippen LogP contribution < -0.4 is 5.32 Å². The number of aryl methyl sites for hydroxylation is 1. The van der Waals surface area contributed by atoms with Gasteiger partial charge in [0.05, 0.1) is 6.04 Å². The Morgan fingerprint density at radius 3 is 2.79 bits per heavy atom. The molecular weight excluding hydrogens is 254 g/mol. The van der Waals surface area contributed by atoms with E-state index in [0.29, 0.717) is 17.5 Å². The Kier molecular flexibility index (Phi) is 4.64. The zero-order valence-corrected chi connectivity index (χ0v) is 13.7. The average molecular weight is 281 g/mol. The molecule has 1 aliphatic rings. The maximum Gasteiger partial charge on any atom is 0.110 e. The molecule has 1 N–H and O–H groups in total. The Labute approximate surface area is 121 Å². The van der Waals surface area contributed by atoms with Gasteiger partial charge in [-0.1, -0.05) is 20.8 Å². The van der Waals surface area contributed by atoms with Gasteiger partial charge in [-0.2, -0.15) is 0 Å². The summed E-state index contributed by atoms with van der Waals surface area (Å²) in [6.45, 7) is 14.8. The highest BCUT2D eigenvalue weighted by molar-refractivity contribution is 7.09. The fourth-order valence-corrected chi connectivity index (χ4v) is 3.49. The monoisotopic (exact) mass is 281 g/mol. The third kappa shape index (κ3) is 3.77. The highest BCUT2D eigenvalue weighted by Crippen LogP contribution is 2.28. The predicted molar refractivity (Wildman–Crippen MR) is 82.7 cm³/mol. The van der Waals surface area contributed by atoms with Crippen molar-refractivity contribution >= 4 is 11.3 Å². The van der Waals surface area contributed by atoms with Crippen molar-refractivity contribution < 1.29 is 0 Å². The summed E-state index contributed by atoms with van der Waals surface area (Å²) in [6, 6.07) is 0.988. The normalized spacial score (nSPS) is 24.2. The smallest absolute Gasteiger partial charge is 0.110 e. The Bertz CT molecular complexity index is 408. The first-order valence-corrected chi connectivity index (χ1v) is 8.15. The van der Waals surface area contributed by atoms with E-state index in [0.717, 1.165) is 18.8 Å². The van der Waals surface area contributed by atoms with Crippen molar-refractivity contribution in [1.82, 2.24) is 15.2 Å². The van der Waals surface area contributed by atoms with Gasteiger partial charge in [0, 0.05) is 30.2 Å². The van der Waals surface area contributed by atoms with E-state index in [1.54, 1.807) is 11.3 Å². The second-order valence-corrected chi connectivity index (χ2v) is 7.61. The number of rotatable bonds is 2. The van der Waals surface area contributed by atoms with Crippen LogP contribution in [-0.4, -0.2) is 35.6 Å². The van der Waals surface area contributed by atoms with Crippen LogP contribution in [0, 0.1) is 12.3 Å². The molecule has 0 saturated carbocycles. The van der Waals surface area contributed by atoms with E-state index in [1.807, 2.05) is 0 Å². The molecule has 0 amide bonds. The Morgan fingerprint density at radius 2 is 2.21 bits per heavy atom. The van der Waals surface area contributed by atoms with Crippen molar-refractivity contribution in [3.8, 4) is 0 Å². The molecule has 0 bridgehead atoms. The van der Waals surface area contributed by atoms with Gasteiger partial charge in [0.1, 0.15) is 5.01 Å². The van der Waals surface area contributed by atoms with Crippen LogP contribution in [0.3, 0.4) is 0 Å². The van der Waals surface area contributed by atoms with E-state index in [-0.39, 0.29) is 0 Å². The fraction of sp³-hybridized carbons (Fsp3) is 0.800. The summed E-state index contributed by atoms with van der Waals surface area (Å²) in [5.74, 6) is 0. The standard InChI is InChI=1S/C15H27N3S/c1-11-10-19-14(17-11)12(2)18-8-6-7-16-13(9-18)15(3,4)5/h10,12-13,16H,6-9H2,1-5H3. The summed E-state index contributed by atoms with van der Waals surface area (Å²) in [7, 11) is 0. The summed E-state index contributed by atoms with van der Waals surface area (Å²) in [4.78, 5) is 7.25. The quantitative estimate of drug-likeness (QED) is 0.902. The lowest BCUT2D eigenvalue weighted by molar-refractivity contribution is 0.161. The van der Waals surface area contributed by atoms with E-state index in [1.165, 1.54) is 18.0 Å². The van der Waals surface area contributed by atoms with Crippen LogP contribution in [-0.2, 0) is 0 Å². The SMILES string of the molecule is Cc1csc(C(C)N2CCCNC(C(C)(C)C)C2)n1. The number of thiazole rings is 1. The van der Waals surface area contributed by atoms with Crippen molar-refractivity contribution in [2.24, 2.45) is 5.41 Å². The van der Waals surface area contributed by atoms with Gasteiger partial charge in [0.25, 0.3) is 0 Å². The third-order valence-electron chi connectivity index (χ3n) is 4.02. The first-order valence-electron chi connectivity index (χ1n) is 7.27. The summed E-state index contributed by atoms with van der Waals surface area (Å²) in [6.07, 6.45) is 1.22. The van der Waals surface area contributed by atoms with Gasteiger partial charge in [-0.3, -0.25) is 4.90 Å². The van der Waals surface area contributed by atoms with E-state index < -0.39 is 0 Å². The molecule has 1 aliphatic heterocycles. The second-order valence-electron chi connectivity index (χ2n) is 6.72. The minimum Gasteiger partial charge on any atom is -0.312 e. The van der Waals surface area contributed by atoms with Crippen LogP contribution in [0.4, 0.5) is 0 Å². The summed E-state index contributed by atoms with van der Waals surface area (Å²) < 4.78 is 0. The van der Waals surface area contributed by atoms with Crippen LogP contribution >= 0.6 is 11.3 Å². The fourth-order valence-electron chi connectivity index (χ4n) is 2.60. The minimum atomic E-state index is 0.307. The van der Waals surface area contributed by atoms with Crippen LogP contribution in [0.1, 0.15) is 50.9 Å². The maximum atomic E-state index is 4.66. The molecule has 0 aromatic carbocycles.